The van der Waals surface area contributed by atoms with Crippen LogP contribution in [0.4, 0.5) is 0 Å². The van der Waals surface area contributed by atoms with Crippen molar-refractivity contribution in [3.05, 3.63) is 23.8 Å². The summed E-state index contributed by atoms with van der Waals surface area (Å²) in [6.07, 6.45) is 2.11. The third kappa shape index (κ3) is 1.72. The first-order chi connectivity index (χ1) is 5.25. The summed E-state index contributed by atoms with van der Waals surface area (Å²) in [5.41, 5.74) is 0.873. The van der Waals surface area contributed by atoms with E-state index in [4.69, 9.17) is 10.2 Å². The summed E-state index contributed by atoms with van der Waals surface area (Å²) in [6, 6.07) is 0. The molecule has 1 aromatic heterocycles. The molecule has 2 N–H and O–H groups in total. The van der Waals surface area contributed by atoms with Gasteiger partial charge in [-0.15, -0.1) is 0 Å². The maximum Gasteiger partial charge on any atom is 0.197 e. The van der Waals surface area contributed by atoms with Gasteiger partial charge in [0.15, 0.2) is 6.29 Å². The van der Waals surface area contributed by atoms with E-state index < -0.39 is 6.29 Å². The van der Waals surface area contributed by atoms with Gasteiger partial charge in [0.05, 0.1) is 5.69 Å². The summed E-state index contributed by atoms with van der Waals surface area (Å²) >= 11 is 0. The number of rotatable bonds is 2. The molecule has 0 atom stereocenters. The molecule has 1 rings (SSSR count). The third-order valence-corrected chi connectivity index (χ3v) is 1.39. The van der Waals surface area contributed by atoms with Crippen molar-refractivity contribution in [2.75, 3.05) is 0 Å². The van der Waals surface area contributed by atoms with Crippen molar-refractivity contribution in [2.24, 2.45) is 0 Å². The highest BCUT2D eigenvalue weighted by molar-refractivity contribution is 5.10. The van der Waals surface area contributed by atoms with E-state index in [1.807, 2.05) is 6.92 Å². The van der Waals surface area contributed by atoms with Crippen molar-refractivity contribution >= 4 is 0 Å². The SMILES string of the molecule is CCc1nccnc1C(O)O. The molecule has 0 aliphatic rings. The van der Waals surface area contributed by atoms with Crippen LogP contribution in [-0.4, -0.2) is 20.2 Å². The average Bonchev–Trinajstić information content (AvgIpc) is 2.04. The first-order valence-electron chi connectivity index (χ1n) is 3.41. The van der Waals surface area contributed by atoms with Gasteiger partial charge in [-0.1, -0.05) is 6.92 Å². The molecule has 0 aliphatic heterocycles. The van der Waals surface area contributed by atoms with Crippen LogP contribution in [0.2, 0.25) is 0 Å². The van der Waals surface area contributed by atoms with E-state index in [0.717, 1.165) is 0 Å². The maximum atomic E-state index is 8.79. The van der Waals surface area contributed by atoms with E-state index in [9.17, 15) is 0 Å². The molecule has 0 fully saturated rings. The highest BCUT2D eigenvalue weighted by atomic mass is 16.5. The Morgan fingerprint density at radius 1 is 1.36 bits per heavy atom. The van der Waals surface area contributed by atoms with Crippen molar-refractivity contribution < 1.29 is 10.2 Å². The van der Waals surface area contributed by atoms with Gasteiger partial charge in [0.25, 0.3) is 0 Å². The number of nitrogens with zero attached hydrogens (tertiary/aromatic N) is 2. The molecule has 0 aromatic carbocycles. The van der Waals surface area contributed by atoms with Crippen LogP contribution in [0.1, 0.15) is 24.6 Å². The van der Waals surface area contributed by atoms with Crippen molar-refractivity contribution in [1.82, 2.24) is 9.97 Å². The quantitative estimate of drug-likeness (QED) is 0.589. The molecule has 0 radical (unpaired) electrons. The van der Waals surface area contributed by atoms with Crippen LogP contribution < -0.4 is 0 Å². The summed E-state index contributed by atoms with van der Waals surface area (Å²) in [5, 5.41) is 17.6. The molecule has 0 aliphatic carbocycles. The highest BCUT2D eigenvalue weighted by Crippen LogP contribution is 2.09. The maximum absolute atomic E-state index is 8.79. The van der Waals surface area contributed by atoms with Crippen molar-refractivity contribution in [1.29, 1.82) is 0 Å². The molecular formula is C7H10N2O2. The second-order valence-corrected chi connectivity index (χ2v) is 2.12. The van der Waals surface area contributed by atoms with E-state index in [1.165, 1.54) is 12.4 Å². The normalized spacial score (nSPS) is 10.5. The molecular weight excluding hydrogens is 144 g/mol. The zero-order valence-corrected chi connectivity index (χ0v) is 6.23. The Labute approximate surface area is 64.6 Å². The van der Waals surface area contributed by atoms with Gasteiger partial charge in [-0.3, -0.25) is 9.97 Å². The average molecular weight is 154 g/mol. The second kappa shape index (κ2) is 3.41. The fourth-order valence-electron chi connectivity index (χ4n) is 0.866. The number of aliphatic hydroxyl groups excluding tert-OH is 1. The van der Waals surface area contributed by atoms with Crippen molar-refractivity contribution in [3.8, 4) is 0 Å². The molecule has 11 heavy (non-hydrogen) atoms. The number of aromatic nitrogens is 2. The van der Waals surface area contributed by atoms with Gasteiger partial charge in [-0.05, 0) is 6.42 Å². The Kier molecular flexibility index (Phi) is 2.51. The molecule has 0 saturated carbocycles. The first kappa shape index (κ1) is 8.10. The van der Waals surface area contributed by atoms with Gasteiger partial charge in [-0.2, -0.15) is 0 Å². The third-order valence-electron chi connectivity index (χ3n) is 1.39. The van der Waals surface area contributed by atoms with E-state index in [-0.39, 0.29) is 5.69 Å². The standard InChI is InChI=1S/C7H10N2O2/c1-2-5-6(7(10)11)9-4-3-8-5/h3-4,7,10-11H,2H2,1H3. The van der Waals surface area contributed by atoms with Gasteiger partial charge in [-0.25, -0.2) is 0 Å². The van der Waals surface area contributed by atoms with Gasteiger partial charge < -0.3 is 10.2 Å². The number of hydrogen-bond acceptors (Lipinski definition) is 4. The van der Waals surface area contributed by atoms with Crippen molar-refractivity contribution in [3.63, 3.8) is 0 Å². The lowest BCUT2D eigenvalue weighted by Crippen LogP contribution is -2.04. The predicted octanol–water partition coefficient (Wildman–Crippen LogP) is 0.0222. The summed E-state index contributed by atoms with van der Waals surface area (Å²) in [7, 11) is 0. The Morgan fingerprint density at radius 2 is 2.00 bits per heavy atom. The van der Waals surface area contributed by atoms with Crippen LogP contribution in [0, 0.1) is 0 Å². The van der Waals surface area contributed by atoms with Crippen LogP contribution in [0.25, 0.3) is 0 Å². The molecule has 4 heteroatoms. The Balaban J connectivity index is 3.02. The van der Waals surface area contributed by atoms with Gasteiger partial charge >= 0.3 is 0 Å². The van der Waals surface area contributed by atoms with E-state index in [1.54, 1.807) is 0 Å². The summed E-state index contributed by atoms with van der Waals surface area (Å²) in [5.74, 6) is 0. The highest BCUT2D eigenvalue weighted by Gasteiger charge is 2.09. The minimum atomic E-state index is -1.52. The lowest BCUT2D eigenvalue weighted by atomic mass is 10.2. The fraction of sp³-hybridized carbons (Fsp3) is 0.429. The largest absolute Gasteiger partial charge is 0.363 e. The van der Waals surface area contributed by atoms with E-state index in [0.29, 0.717) is 12.1 Å². The monoisotopic (exact) mass is 154 g/mol. The molecule has 60 valence electrons. The predicted molar refractivity (Wildman–Crippen MR) is 38.6 cm³/mol. The molecule has 0 unspecified atom stereocenters. The second-order valence-electron chi connectivity index (χ2n) is 2.12. The summed E-state index contributed by atoms with van der Waals surface area (Å²) in [6.45, 7) is 1.88. The lowest BCUT2D eigenvalue weighted by Gasteiger charge is -2.05. The molecule has 1 aromatic rings. The summed E-state index contributed by atoms with van der Waals surface area (Å²) in [4.78, 5) is 7.72. The van der Waals surface area contributed by atoms with Crippen LogP contribution in [0.5, 0.6) is 0 Å². The first-order valence-corrected chi connectivity index (χ1v) is 3.41. The van der Waals surface area contributed by atoms with Crippen LogP contribution in [0.3, 0.4) is 0 Å². The Hall–Kier alpha value is -1.00. The van der Waals surface area contributed by atoms with E-state index in [2.05, 4.69) is 9.97 Å². The molecule has 4 nitrogen and oxygen atoms in total. The lowest BCUT2D eigenvalue weighted by molar-refractivity contribution is -0.0468. The van der Waals surface area contributed by atoms with Gasteiger partial charge in [0.1, 0.15) is 5.69 Å². The molecule has 0 spiro atoms. The Bertz CT molecular complexity index is 238. The zero-order chi connectivity index (χ0) is 8.27. The fourth-order valence-corrected chi connectivity index (χ4v) is 0.866. The molecule has 0 saturated heterocycles. The Morgan fingerprint density at radius 3 is 2.45 bits per heavy atom. The number of hydrogen-bond donors (Lipinski definition) is 2. The van der Waals surface area contributed by atoms with Crippen LogP contribution >= 0.6 is 0 Å². The summed E-state index contributed by atoms with van der Waals surface area (Å²) < 4.78 is 0. The van der Waals surface area contributed by atoms with Gasteiger partial charge in [0, 0.05) is 12.4 Å². The smallest absolute Gasteiger partial charge is 0.197 e. The van der Waals surface area contributed by atoms with Crippen LogP contribution in [-0.2, 0) is 6.42 Å². The molecule has 0 bridgehead atoms. The molecule has 1 heterocycles. The van der Waals surface area contributed by atoms with Gasteiger partial charge in [0.2, 0.25) is 0 Å². The van der Waals surface area contributed by atoms with Crippen LogP contribution in [0.15, 0.2) is 12.4 Å². The molecule has 0 amide bonds. The number of aliphatic hydroxyl groups is 2. The van der Waals surface area contributed by atoms with Crippen molar-refractivity contribution in [2.45, 2.75) is 19.6 Å². The topological polar surface area (TPSA) is 66.2 Å². The zero-order valence-electron chi connectivity index (χ0n) is 6.23. The van der Waals surface area contributed by atoms with E-state index >= 15 is 0 Å². The number of aryl methyl sites for hydroxylation is 1. The minimum Gasteiger partial charge on any atom is -0.363 e. The minimum absolute atomic E-state index is 0.245.